The zero-order chi connectivity index (χ0) is 12.4. The minimum atomic E-state index is 0. The van der Waals surface area contributed by atoms with Crippen LogP contribution in [0.15, 0.2) is 47.6 Å². The summed E-state index contributed by atoms with van der Waals surface area (Å²) < 4.78 is 0. The summed E-state index contributed by atoms with van der Waals surface area (Å²) in [6.07, 6.45) is 4.93. The third-order valence-corrected chi connectivity index (χ3v) is 3.22. The largest absolute Gasteiger partial charge is 0.374 e. The summed E-state index contributed by atoms with van der Waals surface area (Å²) in [6, 6.07) is 7.66. The monoisotopic (exact) mass is 353 g/mol. The summed E-state index contributed by atoms with van der Waals surface area (Å²) in [6.45, 7) is 6.83. The minimum Gasteiger partial charge on any atom is -0.374 e. The zero-order valence-electron chi connectivity index (χ0n) is 10.1. The van der Waals surface area contributed by atoms with Gasteiger partial charge < -0.3 is 4.90 Å². The van der Waals surface area contributed by atoms with Gasteiger partial charge in [0.25, 0.3) is 0 Å². The van der Waals surface area contributed by atoms with E-state index in [0.717, 1.165) is 28.5 Å². The molecule has 0 N–H and O–H groups in total. The molecule has 4 heteroatoms. The number of hydrogen-bond acceptors (Lipinski definition) is 1. The molecule has 1 aromatic rings. The number of nitrogens with zero attached hydrogens (tertiary/aromatic N) is 1. The van der Waals surface area contributed by atoms with Crippen molar-refractivity contribution in [1.29, 1.82) is 0 Å². The molecule has 1 heterocycles. The Hall–Kier alpha value is -0.0761. The van der Waals surface area contributed by atoms with Crippen molar-refractivity contribution in [1.82, 2.24) is 4.90 Å². The first-order chi connectivity index (χ1) is 8.13. The Bertz CT molecular complexity index is 503. The molecule has 0 aliphatic carbocycles. The van der Waals surface area contributed by atoms with E-state index in [9.17, 15) is 0 Å². The summed E-state index contributed by atoms with van der Waals surface area (Å²) in [5.74, 6) is 0. The van der Waals surface area contributed by atoms with Crippen LogP contribution in [0.25, 0.3) is 5.70 Å². The normalized spacial score (nSPS) is 14.8. The average Bonchev–Trinajstić information content (AvgIpc) is 2.34. The Morgan fingerprint density at radius 2 is 1.83 bits per heavy atom. The summed E-state index contributed by atoms with van der Waals surface area (Å²) in [5.41, 5.74) is 2.83. The predicted molar refractivity (Wildman–Crippen MR) is 73.6 cm³/mol. The molecule has 0 aromatic heterocycles. The zero-order valence-corrected chi connectivity index (χ0v) is 14.4. The van der Waals surface area contributed by atoms with Crippen molar-refractivity contribution in [3.8, 4) is 0 Å². The molecule has 0 fully saturated rings. The van der Waals surface area contributed by atoms with E-state index in [1.165, 1.54) is 0 Å². The fourth-order valence-electron chi connectivity index (χ4n) is 1.75. The van der Waals surface area contributed by atoms with Crippen molar-refractivity contribution in [2.75, 3.05) is 6.54 Å². The topological polar surface area (TPSA) is 3.24 Å². The van der Waals surface area contributed by atoms with Gasteiger partial charge in [0.2, 0.25) is 0 Å². The fraction of sp³-hybridized carbons (Fsp3) is 0.143. The molecule has 2 rings (SSSR count). The Labute approximate surface area is 143 Å². The molecule has 0 saturated heterocycles. The van der Waals surface area contributed by atoms with E-state index in [2.05, 4.69) is 19.6 Å². The molecular weight excluding hydrogens is 342 g/mol. The van der Waals surface area contributed by atoms with Crippen LogP contribution in [-0.4, -0.2) is 11.4 Å². The second kappa shape index (κ2) is 6.91. The van der Waals surface area contributed by atoms with Crippen LogP contribution in [0, 0.1) is 6.08 Å². The van der Waals surface area contributed by atoms with Crippen LogP contribution in [0.3, 0.4) is 0 Å². The van der Waals surface area contributed by atoms with Gasteiger partial charge in [0.05, 0.1) is 0 Å². The Morgan fingerprint density at radius 3 is 2.39 bits per heavy atom. The van der Waals surface area contributed by atoms with E-state index >= 15 is 0 Å². The van der Waals surface area contributed by atoms with E-state index < -0.39 is 0 Å². The molecule has 1 radical (unpaired) electrons. The van der Waals surface area contributed by atoms with Gasteiger partial charge in [-0.2, -0.15) is 23.8 Å². The molecule has 1 aliphatic rings. The number of allylic oxidation sites excluding steroid dienone is 3. The Kier molecular flexibility index (Phi) is 6.13. The third kappa shape index (κ3) is 3.27. The summed E-state index contributed by atoms with van der Waals surface area (Å²) >= 11 is 11.9. The van der Waals surface area contributed by atoms with Gasteiger partial charge in [0.15, 0.2) is 0 Å². The molecule has 18 heavy (non-hydrogen) atoms. The molecule has 0 bridgehead atoms. The SMILES string of the molecule is C=C1C(Cl)=C[C-]=C(c2ccc(Cl)cc2)N1CC.[Y]. The smallest absolute Gasteiger partial charge is 0.0385 e. The van der Waals surface area contributed by atoms with Crippen LogP contribution in [0.1, 0.15) is 12.5 Å². The van der Waals surface area contributed by atoms with Crippen molar-refractivity contribution in [2.45, 2.75) is 6.92 Å². The first-order valence-corrected chi connectivity index (χ1v) is 6.11. The van der Waals surface area contributed by atoms with Crippen LogP contribution in [0.4, 0.5) is 0 Å². The van der Waals surface area contributed by atoms with Crippen LogP contribution < -0.4 is 0 Å². The molecule has 0 amide bonds. The van der Waals surface area contributed by atoms with Gasteiger partial charge in [0.1, 0.15) is 0 Å². The molecule has 0 spiro atoms. The van der Waals surface area contributed by atoms with Gasteiger partial charge in [-0.05, 0) is 17.7 Å². The Balaban J connectivity index is 0.00000162. The first-order valence-electron chi connectivity index (χ1n) is 5.35. The van der Waals surface area contributed by atoms with Gasteiger partial charge in [-0.15, -0.1) is 12.1 Å². The molecule has 0 atom stereocenters. The van der Waals surface area contributed by atoms with E-state index in [4.69, 9.17) is 23.2 Å². The third-order valence-electron chi connectivity index (χ3n) is 2.64. The van der Waals surface area contributed by atoms with Crippen LogP contribution >= 0.6 is 23.2 Å². The molecule has 1 aromatic carbocycles. The maximum atomic E-state index is 6.04. The quantitative estimate of drug-likeness (QED) is 0.710. The number of benzene rings is 1. The maximum absolute atomic E-state index is 6.04. The fourth-order valence-corrected chi connectivity index (χ4v) is 2.04. The summed E-state index contributed by atoms with van der Waals surface area (Å²) in [7, 11) is 0. The number of rotatable bonds is 2. The number of hydrogen-bond donors (Lipinski definition) is 0. The standard InChI is InChI=1S/C14H12Cl2N.Y/c1-3-17-10(2)13(16)8-9-14(17)11-4-6-12(15)7-5-11;/h4-8H,2-3H2,1H3;/q-1;. The molecule has 1 nitrogen and oxygen atoms in total. The van der Waals surface area contributed by atoms with Crippen molar-refractivity contribution >= 4 is 28.9 Å². The van der Waals surface area contributed by atoms with Crippen LogP contribution in [-0.2, 0) is 32.7 Å². The van der Waals surface area contributed by atoms with Gasteiger partial charge in [0, 0.05) is 44.3 Å². The van der Waals surface area contributed by atoms with E-state index in [1.54, 1.807) is 6.08 Å². The van der Waals surface area contributed by atoms with Crippen molar-refractivity contribution in [2.24, 2.45) is 0 Å². The summed E-state index contributed by atoms with van der Waals surface area (Å²) in [5, 5.41) is 1.35. The molecular formula is C14H12Cl2NY-. The molecule has 0 saturated carbocycles. The van der Waals surface area contributed by atoms with Gasteiger partial charge >= 0.3 is 0 Å². The summed E-state index contributed by atoms with van der Waals surface area (Å²) in [4.78, 5) is 2.03. The van der Waals surface area contributed by atoms with E-state index in [0.29, 0.717) is 5.03 Å². The Morgan fingerprint density at radius 1 is 1.22 bits per heavy atom. The first kappa shape index (κ1) is 16.0. The maximum Gasteiger partial charge on any atom is 0.0385 e. The van der Waals surface area contributed by atoms with Gasteiger partial charge in [-0.3, -0.25) is 0 Å². The average molecular weight is 354 g/mol. The van der Waals surface area contributed by atoms with Crippen LogP contribution in [0.5, 0.6) is 0 Å². The van der Waals surface area contributed by atoms with Gasteiger partial charge in [-0.1, -0.05) is 41.6 Å². The minimum absolute atomic E-state index is 0. The van der Waals surface area contributed by atoms with Gasteiger partial charge in [-0.25, -0.2) is 0 Å². The van der Waals surface area contributed by atoms with E-state index in [1.807, 2.05) is 29.2 Å². The molecule has 91 valence electrons. The second-order valence-electron chi connectivity index (χ2n) is 3.68. The number of likely N-dealkylation sites (N-methyl/N-ethyl adjacent to an activating group) is 1. The van der Waals surface area contributed by atoms with Crippen LogP contribution in [0.2, 0.25) is 5.02 Å². The molecule has 0 unspecified atom stereocenters. The molecule has 1 aliphatic heterocycles. The number of halogens is 2. The predicted octanol–water partition coefficient (Wildman–Crippen LogP) is 4.45. The van der Waals surface area contributed by atoms with E-state index in [-0.39, 0.29) is 32.7 Å². The van der Waals surface area contributed by atoms with Crippen molar-refractivity contribution in [3.05, 3.63) is 64.3 Å². The van der Waals surface area contributed by atoms with Crippen molar-refractivity contribution in [3.63, 3.8) is 0 Å². The van der Waals surface area contributed by atoms with Crippen molar-refractivity contribution < 1.29 is 32.7 Å². The second-order valence-corrected chi connectivity index (χ2v) is 4.53.